The van der Waals surface area contributed by atoms with E-state index < -0.39 is 10.7 Å². The van der Waals surface area contributed by atoms with Crippen LogP contribution in [0.2, 0.25) is 0 Å². The lowest BCUT2D eigenvalue weighted by Gasteiger charge is -2.06. The van der Waals surface area contributed by atoms with Crippen molar-refractivity contribution >= 4 is 11.4 Å². The van der Waals surface area contributed by atoms with Gasteiger partial charge in [-0.15, -0.1) is 0 Å². The predicted molar refractivity (Wildman–Crippen MR) is 67.2 cm³/mol. The molecule has 0 amide bonds. The van der Waals surface area contributed by atoms with Crippen LogP contribution in [0, 0.1) is 22.9 Å². The van der Waals surface area contributed by atoms with E-state index in [1.165, 1.54) is 12.1 Å². The summed E-state index contributed by atoms with van der Waals surface area (Å²) in [6, 6.07) is 8.82. The zero-order valence-corrected chi connectivity index (χ0v) is 10.1. The molecule has 0 spiro atoms. The average molecular weight is 259 g/mol. The molecular formula is C13H10FN3O2. The summed E-state index contributed by atoms with van der Waals surface area (Å²) in [5, 5.41) is 12.8. The highest BCUT2D eigenvalue weighted by Crippen LogP contribution is 2.32. The Kier molecular flexibility index (Phi) is 3.33. The molecule has 0 bridgehead atoms. The summed E-state index contributed by atoms with van der Waals surface area (Å²) in [6.45, 7) is 1.59. The molecule has 0 saturated heterocycles. The van der Waals surface area contributed by atoms with Crippen LogP contribution in [0.4, 0.5) is 15.8 Å². The normalized spacial score (nSPS) is 10.2. The van der Waals surface area contributed by atoms with Crippen LogP contribution < -0.4 is 5.11 Å². The number of halogens is 1. The summed E-state index contributed by atoms with van der Waals surface area (Å²) in [5.41, 5.74) is 9.76. The van der Waals surface area contributed by atoms with Crippen molar-refractivity contribution in [2.45, 2.75) is 6.92 Å². The van der Waals surface area contributed by atoms with Crippen molar-refractivity contribution in [1.29, 1.82) is 0 Å². The molecule has 0 aromatic heterocycles. The van der Waals surface area contributed by atoms with Gasteiger partial charge in [-0.3, -0.25) is 15.2 Å². The fraction of sp³-hybridized carbons (Fsp3) is 0.0769. The number of nitrogens with one attached hydrogen (secondary N) is 1. The molecule has 0 heterocycles. The van der Waals surface area contributed by atoms with Crippen LogP contribution in [0.1, 0.15) is 5.56 Å². The second kappa shape index (κ2) is 4.93. The van der Waals surface area contributed by atoms with Gasteiger partial charge in [0.15, 0.2) is 0 Å². The van der Waals surface area contributed by atoms with Gasteiger partial charge >= 0.3 is 5.69 Å². The third-order valence-electron chi connectivity index (χ3n) is 2.81. The van der Waals surface area contributed by atoms with Gasteiger partial charge in [0.25, 0.3) is 5.69 Å². The van der Waals surface area contributed by atoms with Gasteiger partial charge < -0.3 is 5.53 Å². The molecule has 2 aromatic carbocycles. The third-order valence-corrected chi connectivity index (χ3v) is 2.81. The number of hydrogen-bond acceptors (Lipinski definition) is 2. The van der Waals surface area contributed by atoms with Crippen LogP contribution in [-0.4, -0.2) is 4.92 Å². The van der Waals surface area contributed by atoms with E-state index in [9.17, 15) is 14.5 Å². The number of benzene rings is 2. The molecule has 0 aliphatic carbocycles. The number of rotatable bonds is 3. The molecule has 0 aliphatic heterocycles. The van der Waals surface area contributed by atoms with Gasteiger partial charge in [0.1, 0.15) is 5.82 Å². The van der Waals surface area contributed by atoms with Crippen molar-refractivity contribution in [2.24, 2.45) is 0 Å². The Bertz CT molecular complexity index is 671. The van der Waals surface area contributed by atoms with Crippen molar-refractivity contribution < 1.29 is 14.4 Å². The molecule has 5 nitrogen and oxygen atoms in total. The van der Waals surface area contributed by atoms with Crippen molar-refractivity contribution in [3.8, 4) is 11.1 Å². The Morgan fingerprint density at radius 3 is 2.58 bits per heavy atom. The van der Waals surface area contributed by atoms with Crippen LogP contribution in [0.15, 0.2) is 36.4 Å². The van der Waals surface area contributed by atoms with Crippen molar-refractivity contribution in [3.05, 3.63) is 63.4 Å². The first-order valence-corrected chi connectivity index (χ1v) is 5.48. The van der Waals surface area contributed by atoms with E-state index in [1.54, 1.807) is 36.3 Å². The molecule has 1 N–H and O–H groups in total. The Balaban J connectivity index is 2.71. The number of hydrogen-bond donors (Lipinski definition) is 1. The van der Waals surface area contributed by atoms with Gasteiger partial charge in [-0.25, -0.2) is 4.39 Å². The maximum atomic E-state index is 13.7. The van der Waals surface area contributed by atoms with Crippen LogP contribution >= 0.6 is 0 Å². The molecule has 0 radical (unpaired) electrons. The lowest BCUT2D eigenvalue weighted by Crippen LogP contribution is -2.55. The van der Waals surface area contributed by atoms with Crippen LogP contribution in [-0.2, 0) is 0 Å². The average Bonchev–Trinajstić information content (AvgIpc) is 2.38. The number of nitrogens with zero attached hydrogens (tertiary/aromatic N) is 2. The van der Waals surface area contributed by atoms with Crippen molar-refractivity contribution in [1.82, 2.24) is 0 Å². The lowest BCUT2D eigenvalue weighted by atomic mass is 10.0. The summed E-state index contributed by atoms with van der Waals surface area (Å²) < 4.78 is 13.7. The first-order valence-electron chi connectivity index (χ1n) is 5.48. The molecule has 0 aliphatic rings. The van der Waals surface area contributed by atoms with Gasteiger partial charge in [-0.05, 0) is 24.6 Å². The number of aryl methyl sites for hydroxylation is 1. The molecule has 0 saturated carbocycles. The summed E-state index contributed by atoms with van der Waals surface area (Å²) in [4.78, 5) is 10.3. The summed E-state index contributed by atoms with van der Waals surface area (Å²) >= 11 is 0. The SMILES string of the molecule is Cc1cc(-c2ccccc2F)cc([N+](=O)[O-])c1[NH+]=[N-]. The van der Waals surface area contributed by atoms with E-state index in [4.69, 9.17) is 5.53 Å². The second-order valence-electron chi connectivity index (χ2n) is 4.04. The quantitative estimate of drug-likeness (QED) is 0.522. The molecule has 2 rings (SSSR count). The molecule has 2 aromatic rings. The maximum absolute atomic E-state index is 13.7. The predicted octanol–water partition coefficient (Wildman–Crippen LogP) is 2.44. The summed E-state index contributed by atoms with van der Waals surface area (Å²) in [5.74, 6) is -0.457. The second-order valence-corrected chi connectivity index (χ2v) is 4.04. The monoisotopic (exact) mass is 259 g/mol. The van der Waals surface area contributed by atoms with Crippen LogP contribution in [0.5, 0.6) is 0 Å². The van der Waals surface area contributed by atoms with E-state index in [2.05, 4.69) is 0 Å². The minimum absolute atomic E-state index is 0.00471. The smallest absolute Gasteiger partial charge is 0.340 e. The number of nitro benzene ring substituents is 1. The van der Waals surface area contributed by atoms with E-state index in [0.717, 1.165) is 0 Å². The Hall–Kier alpha value is -2.63. The Morgan fingerprint density at radius 1 is 1.32 bits per heavy atom. The molecule has 96 valence electrons. The molecule has 0 atom stereocenters. The zero-order valence-electron chi connectivity index (χ0n) is 10.1. The van der Waals surface area contributed by atoms with Gasteiger partial charge in [0.2, 0.25) is 0 Å². The maximum Gasteiger partial charge on any atom is 0.340 e. The highest BCUT2D eigenvalue weighted by Gasteiger charge is 2.21. The van der Waals surface area contributed by atoms with E-state index in [-0.39, 0.29) is 16.9 Å². The highest BCUT2D eigenvalue weighted by atomic mass is 19.1. The van der Waals surface area contributed by atoms with Crippen LogP contribution in [0.25, 0.3) is 16.7 Å². The summed E-state index contributed by atoms with van der Waals surface area (Å²) in [6.07, 6.45) is 0. The van der Waals surface area contributed by atoms with E-state index in [0.29, 0.717) is 11.1 Å². The van der Waals surface area contributed by atoms with Crippen LogP contribution in [0.3, 0.4) is 0 Å². The third kappa shape index (κ3) is 2.33. The van der Waals surface area contributed by atoms with Crippen molar-refractivity contribution in [2.75, 3.05) is 0 Å². The summed E-state index contributed by atoms with van der Waals surface area (Å²) in [7, 11) is 0. The Labute approximate surface area is 108 Å². The standard InChI is InChI=1S/C13H10FN3O2/c1-8-6-9(10-4-2-3-5-11(10)14)7-12(17(18)19)13(8)16-15/h2-7,16H,1H3. The topological polar surface area (TPSA) is 79.4 Å². The van der Waals surface area contributed by atoms with Crippen molar-refractivity contribution in [3.63, 3.8) is 0 Å². The van der Waals surface area contributed by atoms with E-state index in [1.807, 2.05) is 0 Å². The fourth-order valence-corrected chi connectivity index (χ4v) is 1.91. The highest BCUT2D eigenvalue weighted by molar-refractivity contribution is 5.72. The molecular weight excluding hydrogens is 249 g/mol. The van der Waals surface area contributed by atoms with Gasteiger partial charge in [-0.1, -0.05) is 18.2 Å². The van der Waals surface area contributed by atoms with Gasteiger partial charge in [0, 0.05) is 17.2 Å². The van der Waals surface area contributed by atoms with Gasteiger partial charge in [0.05, 0.1) is 4.92 Å². The minimum atomic E-state index is -0.629. The fourth-order valence-electron chi connectivity index (χ4n) is 1.91. The van der Waals surface area contributed by atoms with E-state index >= 15 is 0 Å². The molecule has 0 fully saturated rings. The minimum Gasteiger partial charge on any atom is -0.502 e. The lowest BCUT2D eigenvalue weighted by molar-refractivity contribution is -0.421. The molecule has 6 heteroatoms. The molecule has 19 heavy (non-hydrogen) atoms. The first-order chi connectivity index (χ1) is 9.04. The zero-order chi connectivity index (χ0) is 14.0. The molecule has 0 unspecified atom stereocenters. The largest absolute Gasteiger partial charge is 0.502 e. The number of nitro groups is 1. The first kappa shape index (κ1) is 12.8. The van der Waals surface area contributed by atoms with Gasteiger partial charge in [-0.2, -0.15) is 0 Å². The Morgan fingerprint density at radius 2 is 2.00 bits per heavy atom.